The quantitative estimate of drug-likeness (QED) is 0.650. The van der Waals surface area contributed by atoms with Crippen LogP contribution in [0.15, 0.2) is 53.4 Å². The molecule has 28 heavy (non-hydrogen) atoms. The van der Waals surface area contributed by atoms with Crippen LogP contribution >= 0.6 is 0 Å². The smallest absolute Gasteiger partial charge is 0.387 e. The molecule has 2 N–H and O–H groups in total. The van der Waals surface area contributed by atoms with Crippen molar-refractivity contribution in [3.05, 3.63) is 54.1 Å². The maximum atomic E-state index is 12.4. The topological polar surface area (TPSA) is 102 Å². The zero-order chi connectivity index (χ0) is 20.9. The zero-order valence-electron chi connectivity index (χ0n) is 15.0. The molecule has 10 heteroatoms. The standard InChI is InChI=1S/C18H18F2N2O5S/c1-11(17(24)21-14-5-7-15(8-6-14)27-18(19)20)22-28(25,26)16-9-3-13(4-10-16)12(2)23/h3-11,18,22H,1-2H3,(H,21,24)/t11-/m0/s1. The lowest BCUT2D eigenvalue weighted by Crippen LogP contribution is -2.41. The van der Waals surface area contributed by atoms with Crippen molar-refractivity contribution in [2.45, 2.75) is 31.4 Å². The van der Waals surface area contributed by atoms with Gasteiger partial charge in [0.15, 0.2) is 5.78 Å². The van der Waals surface area contributed by atoms with Crippen LogP contribution in [-0.4, -0.2) is 32.8 Å². The minimum absolute atomic E-state index is 0.0734. The number of carbonyl (C=O) groups is 2. The zero-order valence-corrected chi connectivity index (χ0v) is 15.8. The molecule has 0 unspecified atom stereocenters. The van der Waals surface area contributed by atoms with Crippen molar-refractivity contribution >= 4 is 27.4 Å². The molecule has 0 heterocycles. The van der Waals surface area contributed by atoms with E-state index in [1.54, 1.807) is 0 Å². The summed E-state index contributed by atoms with van der Waals surface area (Å²) < 4.78 is 55.4. The molecule has 0 aromatic heterocycles. The Morgan fingerprint density at radius 2 is 1.57 bits per heavy atom. The molecule has 2 aromatic carbocycles. The van der Waals surface area contributed by atoms with E-state index in [4.69, 9.17) is 0 Å². The number of halogens is 2. The fourth-order valence-corrected chi connectivity index (χ4v) is 3.40. The number of ketones is 1. The van der Waals surface area contributed by atoms with E-state index >= 15 is 0 Å². The van der Waals surface area contributed by atoms with Crippen LogP contribution < -0.4 is 14.8 Å². The van der Waals surface area contributed by atoms with E-state index in [1.807, 2.05) is 0 Å². The van der Waals surface area contributed by atoms with Crippen molar-refractivity contribution in [1.82, 2.24) is 4.72 Å². The van der Waals surface area contributed by atoms with E-state index in [9.17, 15) is 26.8 Å². The van der Waals surface area contributed by atoms with Gasteiger partial charge in [0.05, 0.1) is 10.9 Å². The summed E-state index contributed by atoms with van der Waals surface area (Å²) in [5.41, 5.74) is 0.646. The number of sulfonamides is 1. The van der Waals surface area contributed by atoms with Crippen LogP contribution in [-0.2, 0) is 14.8 Å². The van der Waals surface area contributed by atoms with Crippen LogP contribution in [0.5, 0.6) is 5.75 Å². The van der Waals surface area contributed by atoms with Crippen LogP contribution in [0.3, 0.4) is 0 Å². The maximum Gasteiger partial charge on any atom is 0.387 e. The van der Waals surface area contributed by atoms with Gasteiger partial charge in [0.25, 0.3) is 0 Å². The van der Waals surface area contributed by atoms with Crippen LogP contribution in [0, 0.1) is 0 Å². The summed E-state index contributed by atoms with van der Waals surface area (Å²) in [7, 11) is -3.98. The first kappa shape index (κ1) is 21.5. The van der Waals surface area contributed by atoms with E-state index in [2.05, 4.69) is 14.8 Å². The van der Waals surface area contributed by atoms with Crippen molar-refractivity contribution in [2.24, 2.45) is 0 Å². The SMILES string of the molecule is CC(=O)c1ccc(S(=O)(=O)N[C@@H](C)C(=O)Nc2ccc(OC(F)F)cc2)cc1. The normalized spacial score (nSPS) is 12.5. The second-order valence-corrected chi connectivity index (χ2v) is 7.53. The molecule has 0 saturated carbocycles. The molecule has 0 radical (unpaired) electrons. The third-order valence-corrected chi connectivity index (χ3v) is 5.20. The predicted octanol–water partition coefficient (Wildman–Crippen LogP) is 2.80. The minimum Gasteiger partial charge on any atom is -0.435 e. The highest BCUT2D eigenvalue weighted by Gasteiger charge is 2.22. The van der Waals surface area contributed by atoms with Gasteiger partial charge in [-0.2, -0.15) is 13.5 Å². The van der Waals surface area contributed by atoms with Gasteiger partial charge in [-0.05, 0) is 50.2 Å². The van der Waals surface area contributed by atoms with E-state index in [-0.39, 0.29) is 22.1 Å². The molecule has 0 aliphatic rings. The Morgan fingerprint density at radius 3 is 2.07 bits per heavy atom. The second-order valence-electron chi connectivity index (χ2n) is 5.82. The van der Waals surface area contributed by atoms with Crippen molar-refractivity contribution in [1.29, 1.82) is 0 Å². The molecular formula is C18H18F2N2O5S. The van der Waals surface area contributed by atoms with E-state index in [1.165, 1.54) is 62.4 Å². The van der Waals surface area contributed by atoms with E-state index < -0.39 is 28.6 Å². The second kappa shape index (κ2) is 8.89. The van der Waals surface area contributed by atoms with Crippen LogP contribution in [0.2, 0.25) is 0 Å². The number of hydrogen-bond donors (Lipinski definition) is 2. The number of carbonyl (C=O) groups excluding carboxylic acids is 2. The first-order valence-electron chi connectivity index (χ1n) is 8.07. The predicted molar refractivity (Wildman–Crippen MR) is 97.9 cm³/mol. The lowest BCUT2D eigenvalue weighted by molar-refractivity contribution is -0.117. The molecule has 150 valence electrons. The number of Topliss-reactive ketones (excluding diaryl/α,β-unsaturated/α-hetero) is 1. The van der Waals surface area contributed by atoms with E-state index in [0.29, 0.717) is 5.56 Å². The maximum absolute atomic E-state index is 12.4. The Hall–Kier alpha value is -2.85. The molecule has 0 aliphatic carbocycles. The van der Waals surface area contributed by atoms with Gasteiger partial charge in [-0.3, -0.25) is 9.59 Å². The number of nitrogens with one attached hydrogen (secondary N) is 2. The number of amides is 1. The van der Waals surface area contributed by atoms with Gasteiger partial charge in [-0.15, -0.1) is 0 Å². The van der Waals surface area contributed by atoms with Crippen molar-refractivity contribution in [2.75, 3.05) is 5.32 Å². The lowest BCUT2D eigenvalue weighted by atomic mass is 10.2. The monoisotopic (exact) mass is 412 g/mol. The number of benzene rings is 2. The van der Waals surface area contributed by atoms with Gasteiger partial charge in [0, 0.05) is 11.3 Å². The molecule has 0 aliphatic heterocycles. The first-order chi connectivity index (χ1) is 13.1. The number of hydrogen-bond acceptors (Lipinski definition) is 5. The molecular weight excluding hydrogens is 394 g/mol. The van der Waals surface area contributed by atoms with Crippen LogP contribution in [0.4, 0.5) is 14.5 Å². The fourth-order valence-electron chi connectivity index (χ4n) is 2.19. The summed E-state index contributed by atoms with van der Waals surface area (Å²) in [5.74, 6) is -0.920. The fraction of sp³-hybridized carbons (Fsp3) is 0.222. The molecule has 2 rings (SSSR count). The van der Waals surface area contributed by atoms with Gasteiger partial charge >= 0.3 is 6.61 Å². The van der Waals surface area contributed by atoms with Gasteiger partial charge in [-0.1, -0.05) is 12.1 Å². The summed E-state index contributed by atoms with van der Waals surface area (Å²) in [5, 5.41) is 2.47. The third-order valence-electron chi connectivity index (χ3n) is 3.64. The minimum atomic E-state index is -3.98. The van der Waals surface area contributed by atoms with Gasteiger partial charge in [-0.25, -0.2) is 8.42 Å². The average molecular weight is 412 g/mol. The third kappa shape index (κ3) is 5.83. The number of ether oxygens (including phenoxy) is 1. The molecule has 1 amide bonds. The summed E-state index contributed by atoms with van der Waals surface area (Å²) >= 11 is 0. The molecule has 1 atom stereocenters. The van der Waals surface area contributed by atoms with E-state index in [0.717, 1.165) is 0 Å². The molecule has 0 bridgehead atoms. The number of alkyl halides is 2. The Labute approximate surface area is 160 Å². The number of anilines is 1. The van der Waals surface area contributed by atoms with Crippen molar-refractivity contribution < 1.29 is 31.5 Å². The number of rotatable bonds is 8. The highest BCUT2D eigenvalue weighted by molar-refractivity contribution is 7.89. The summed E-state index contributed by atoms with van der Waals surface area (Å²) in [6.07, 6.45) is 0. The van der Waals surface area contributed by atoms with Gasteiger partial charge < -0.3 is 10.1 Å². The summed E-state index contributed by atoms with van der Waals surface area (Å²) in [4.78, 5) is 23.4. The Kier molecular flexibility index (Phi) is 6.81. The summed E-state index contributed by atoms with van der Waals surface area (Å²) in [6.45, 7) is -0.245. The molecule has 0 fully saturated rings. The molecule has 0 saturated heterocycles. The largest absolute Gasteiger partial charge is 0.435 e. The molecule has 2 aromatic rings. The molecule has 7 nitrogen and oxygen atoms in total. The lowest BCUT2D eigenvalue weighted by Gasteiger charge is -2.15. The summed E-state index contributed by atoms with van der Waals surface area (Å²) in [6, 6.07) is 9.36. The van der Waals surface area contributed by atoms with Crippen molar-refractivity contribution in [3.63, 3.8) is 0 Å². The van der Waals surface area contributed by atoms with Gasteiger partial charge in [0.2, 0.25) is 15.9 Å². The Bertz CT molecular complexity index is 945. The van der Waals surface area contributed by atoms with Crippen LogP contribution in [0.1, 0.15) is 24.2 Å². The Balaban J connectivity index is 2.01. The average Bonchev–Trinajstić information content (AvgIpc) is 2.62. The van der Waals surface area contributed by atoms with Crippen LogP contribution in [0.25, 0.3) is 0 Å². The highest BCUT2D eigenvalue weighted by Crippen LogP contribution is 2.18. The Morgan fingerprint density at radius 1 is 1.00 bits per heavy atom. The highest BCUT2D eigenvalue weighted by atomic mass is 32.2. The van der Waals surface area contributed by atoms with Gasteiger partial charge in [0.1, 0.15) is 5.75 Å². The first-order valence-corrected chi connectivity index (χ1v) is 9.56. The molecule has 0 spiro atoms. The van der Waals surface area contributed by atoms with Crippen molar-refractivity contribution in [3.8, 4) is 5.75 Å².